The second-order valence-corrected chi connectivity index (χ2v) is 7.61. The van der Waals surface area contributed by atoms with Gasteiger partial charge in [-0.1, -0.05) is 19.8 Å². The molecule has 6 nitrogen and oxygen atoms in total. The van der Waals surface area contributed by atoms with Gasteiger partial charge in [0.25, 0.3) is 0 Å². The molecule has 0 spiro atoms. The molecule has 0 heterocycles. The molecule has 0 radical (unpaired) electrons. The largest absolute Gasteiger partial charge is 0.398 e. The Kier molecular flexibility index (Phi) is 4.46. The number of benzene rings is 1. The molecule has 0 amide bonds. The van der Waals surface area contributed by atoms with E-state index in [1.54, 1.807) is 6.07 Å². The van der Waals surface area contributed by atoms with Crippen molar-refractivity contribution < 1.29 is 13.5 Å². The smallest absolute Gasteiger partial charge is 0.240 e. The molecule has 1 aliphatic carbocycles. The van der Waals surface area contributed by atoms with Crippen molar-refractivity contribution in [2.75, 3.05) is 17.6 Å². The van der Waals surface area contributed by atoms with Crippen LogP contribution in [0, 0.1) is 5.92 Å². The van der Waals surface area contributed by atoms with Crippen molar-refractivity contribution in [3.05, 3.63) is 18.2 Å². The highest BCUT2D eigenvalue weighted by Crippen LogP contribution is 2.32. The van der Waals surface area contributed by atoms with Gasteiger partial charge in [-0.3, -0.25) is 0 Å². The molecule has 1 saturated carbocycles. The Morgan fingerprint density at radius 2 is 2.19 bits per heavy atom. The second kappa shape index (κ2) is 5.82. The SMILES string of the molecule is CC1CCCC(O)(CNc2ccc(S(N)(=O)=O)c(N)c2)C1. The number of sulfonamides is 1. The quantitative estimate of drug-likeness (QED) is 0.624. The topological polar surface area (TPSA) is 118 Å². The molecule has 0 aromatic heterocycles. The van der Waals surface area contributed by atoms with Gasteiger partial charge in [0, 0.05) is 12.2 Å². The molecule has 1 aliphatic rings. The maximum absolute atomic E-state index is 11.3. The molecule has 1 aromatic carbocycles. The van der Waals surface area contributed by atoms with E-state index in [4.69, 9.17) is 10.9 Å². The van der Waals surface area contributed by atoms with E-state index in [0.29, 0.717) is 18.2 Å². The van der Waals surface area contributed by atoms with Crippen LogP contribution in [-0.4, -0.2) is 25.7 Å². The summed E-state index contributed by atoms with van der Waals surface area (Å²) in [5, 5.41) is 18.7. The molecule has 1 aromatic rings. The van der Waals surface area contributed by atoms with Crippen molar-refractivity contribution in [3.8, 4) is 0 Å². The minimum absolute atomic E-state index is 0.0851. The van der Waals surface area contributed by atoms with Crippen molar-refractivity contribution >= 4 is 21.4 Å². The van der Waals surface area contributed by atoms with Crippen LogP contribution in [0.1, 0.15) is 32.6 Å². The van der Waals surface area contributed by atoms with Gasteiger partial charge >= 0.3 is 0 Å². The number of nitrogens with one attached hydrogen (secondary N) is 1. The Bertz CT molecular complexity index is 618. The van der Waals surface area contributed by atoms with Crippen LogP contribution < -0.4 is 16.2 Å². The van der Waals surface area contributed by atoms with E-state index in [2.05, 4.69) is 12.2 Å². The highest BCUT2D eigenvalue weighted by molar-refractivity contribution is 7.89. The molecule has 118 valence electrons. The molecule has 6 N–H and O–H groups in total. The van der Waals surface area contributed by atoms with Crippen LogP contribution in [0.5, 0.6) is 0 Å². The summed E-state index contributed by atoms with van der Waals surface area (Å²) in [6, 6.07) is 4.50. The summed E-state index contributed by atoms with van der Waals surface area (Å²) < 4.78 is 22.6. The highest BCUT2D eigenvalue weighted by Gasteiger charge is 2.32. The number of rotatable bonds is 4. The first-order chi connectivity index (χ1) is 9.70. The average Bonchev–Trinajstić information content (AvgIpc) is 2.35. The second-order valence-electron chi connectivity index (χ2n) is 6.08. The normalized spacial score (nSPS) is 26.5. The van der Waals surface area contributed by atoms with Gasteiger partial charge in [0.1, 0.15) is 4.90 Å². The van der Waals surface area contributed by atoms with Crippen LogP contribution in [0.25, 0.3) is 0 Å². The van der Waals surface area contributed by atoms with E-state index in [1.807, 2.05) is 0 Å². The van der Waals surface area contributed by atoms with E-state index in [-0.39, 0.29) is 10.6 Å². The molecule has 0 bridgehead atoms. The van der Waals surface area contributed by atoms with Gasteiger partial charge in [0.2, 0.25) is 10.0 Å². The molecular formula is C14H23N3O3S. The zero-order valence-corrected chi connectivity index (χ0v) is 13.0. The van der Waals surface area contributed by atoms with E-state index in [1.165, 1.54) is 12.1 Å². The lowest BCUT2D eigenvalue weighted by atomic mass is 9.79. The molecule has 21 heavy (non-hydrogen) atoms. The minimum Gasteiger partial charge on any atom is -0.398 e. The monoisotopic (exact) mass is 313 g/mol. The van der Waals surface area contributed by atoms with Gasteiger partial charge in [-0.15, -0.1) is 0 Å². The van der Waals surface area contributed by atoms with Gasteiger partial charge in [-0.25, -0.2) is 13.6 Å². The summed E-state index contributed by atoms with van der Waals surface area (Å²) in [6.07, 6.45) is 3.71. The van der Waals surface area contributed by atoms with E-state index < -0.39 is 15.6 Å². The first-order valence-corrected chi connectivity index (χ1v) is 8.63. The predicted octanol–water partition coefficient (Wildman–Crippen LogP) is 1.27. The Morgan fingerprint density at radius 3 is 2.76 bits per heavy atom. The van der Waals surface area contributed by atoms with Crippen LogP contribution in [-0.2, 0) is 10.0 Å². The standard InChI is InChI=1S/C14H23N3O3S/c1-10-3-2-6-14(18,8-10)9-17-11-4-5-13(12(15)7-11)21(16,19)20/h4-5,7,10,17-18H,2-3,6,8-9,15H2,1H3,(H2,16,19,20). The fourth-order valence-electron chi connectivity index (χ4n) is 2.98. The van der Waals surface area contributed by atoms with Gasteiger partial charge < -0.3 is 16.2 Å². The third kappa shape index (κ3) is 4.09. The van der Waals surface area contributed by atoms with Crippen molar-refractivity contribution in [3.63, 3.8) is 0 Å². The summed E-state index contributed by atoms with van der Waals surface area (Å²) in [4.78, 5) is -0.0851. The highest BCUT2D eigenvalue weighted by atomic mass is 32.2. The van der Waals surface area contributed by atoms with E-state index in [0.717, 1.165) is 25.7 Å². The third-order valence-electron chi connectivity index (χ3n) is 4.01. The molecule has 7 heteroatoms. The third-order valence-corrected chi connectivity index (χ3v) is 4.99. The lowest BCUT2D eigenvalue weighted by Gasteiger charge is -2.35. The summed E-state index contributed by atoms with van der Waals surface area (Å²) in [6.45, 7) is 2.56. The first-order valence-electron chi connectivity index (χ1n) is 7.08. The van der Waals surface area contributed by atoms with Crippen LogP contribution in [0.2, 0.25) is 0 Å². The lowest BCUT2D eigenvalue weighted by molar-refractivity contribution is -0.000763. The Morgan fingerprint density at radius 1 is 1.48 bits per heavy atom. The Labute approximate surface area is 125 Å². The number of primary sulfonamides is 1. The predicted molar refractivity (Wildman–Crippen MR) is 83.3 cm³/mol. The van der Waals surface area contributed by atoms with Crippen LogP contribution in [0.15, 0.2) is 23.1 Å². The number of anilines is 2. The molecule has 2 unspecified atom stereocenters. The summed E-state index contributed by atoms with van der Waals surface area (Å²) in [5.74, 6) is 0.514. The van der Waals surface area contributed by atoms with Crippen LogP contribution in [0.3, 0.4) is 0 Å². The van der Waals surface area contributed by atoms with Crippen LogP contribution >= 0.6 is 0 Å². The van der Waals surface area contributed by atoms with E-state index in [9.17, 15) is 13.5 Å². The van der Waals surface area contributed by atoms with Crippen LogP contribution in [0.4, 0.5) is 11.4 Å². The maximum Gasteiger partial charge on any atom is 0.240 e. The van der Waals surface area contributed by atoms with Gasteiger partial charge in [0.15, 0.2) is 0 Å². The van der Waals surface area contributed by atoms with Gasteiger partial charge in [0.05, 0.1) is 11.3 Å². The molecule has 1 fully saturated rings. The summed E-state index contributed by atoms with van der Waals surface area (Å²) in [5.41, 5.74) is 5.77. The molecule has 2 rings (SSSR count). The number of nitrogen functional groups attached to an aromatic ring is 1. The zero-order chi connectivity index (χ0) is 15.7. The summed E-state index contributed by atoms with van der Waals surface area (Å²) >= 11 is 0. The summed E-state index contributed by atoms with van der Waals surface area (Å²) in [7, 11) is -3.81. The molecule has 2 atom stereocenters. The Hall–Kier alpha value is -1.31. The zero-order valence-electron chi connectivity index (χ0n) is 12.2. The molecule has 0 saturated heterocycles. The maximum atomic E-state index is 11.3. The molecular weight excluding hydrogens is 290 g/mol. The number of hydrogen-bond donors (Lipinski definition) is 4. The fraction of sp³-hybridized carbons (Fsp3) is 0.571. The minimum atomic E-state index is -3.81. The molecule has 0 aliphatic heterocycles. The average molecular weight is 313 g/mol. The first kappa shape index (κ1) is 16.1. The van der Waals surface area contributed by atoms with Gasteiger partial charge in [-0.05, 0) is 37.0 Å². The fourth-order valence-corrected chi connectivity index (χ4v) is 3.62. The van der Waals surface area contributed by atoms with Crippen molar-refractivity contribution in [1.29, 1.82) is 0 Å². The number of hydrogen-bond acceptors (Lipinski definition) is 5. The van der Waals surface area contributed by atoms with Crippen molar-refractivity contribution in [2.24, 2.45) is 11.1 Å². The number of aliphatic hydroxyl groups is 1. The van der Waals surface area contributed by atoms with Crippen molar-refractivity contribution in [1.82, 2.24) is 0 Å². The lowest BCUT2D eigenvalue weighted by Crippen LogP contribution is -2.41. The van der Waals surface area contributed by atoms with Crippen molar-refractivity contribution in [2.45, 2.75) is 43.1 Å². The van der Waals surface area contributed by atoms with E-state index >= 15 is 0 Å². The van der Waals surface area contributed by atoms with Gasteiger partial charge in [-0.2, -0.15) is 0 Å². The number of nitrogens with two attached hydrogens (primary N) is 2. The Balaban J connectivity index is 2.06.